The first-order valence-electron chi connectivity index (χ1n) is 42.0. The number of aromatic nitrogens is 2. The van der Waals surface area contributed by atoms with Crippen LogP contribution in [0.2, 0.25) is 0 Å². The van der Waals surface area contributed by atoms with Crippen LogP contribution in [0.15, 0.2) is 120 Å². The number of hydrogen-bond donors (Lipinski definition) is 4. The van der Waals surface area contributed by atoms with Crippen molar-refractivity contribution in [2.75, 3.05) is 27.2 Å². The lowest BCUT2D eigenvalue weighted by atomic mass is 9.82. The Morgan fingerprint density at radius 3 is 1.20 bits per heavy atom. The standard InChI is InChI=1S/C46H61F3N4O7S.C46H64N4O7S/c1-8-29(4)36(24-40(55)38-16-12-13-21-52(38)7)44(57)53(26-33-14-10-9-11-15-33)39(28(2)3)25-41(60-31(6)54)43-51-37(27-61-43)42(56)50-35(22-30(5)45(58)59)23-32-17-19-34(20-18-32)46(47,48)49;1-9-31(5)37(25-41(52)39-17-13-14-22-49(39)8)45(54)50(27-35-15-11-10-12-16-35)40(29(2)3)26-42(57-33(7)51)44-48-38(28-58-44)43(53)47-36(23-32(6)46(55)56)24-34-20-18-30(4)19-21-34/h9-11,14-15,17-20,27-30,35-36,38-39,41H,8,12-13,16,21-26H2,1-7H3,(H,50,56)(H,58,59);10-12,15-16,18-21,28-29,31-32,36-37,39-40,42H,9,13-14,17,22-27H2,1-8H3,(H,47,53)(H,55,56)/t29-,30-,35+,36-,38+,39+,41+;31-,32-,36+,37-,39+,40+,42+/m00/s1. The average Bonchev–Trinajstić information content (AvgIpc) is 1.68. The van der Waals surface area contributed by atoms with Crippen molar-refractivity contribution in [2.24, 2.45) is 47.3 Å². The van der Waals surface area contributed by atoms with Gasteiger partial charge in [0.2, 0.25) is 11.8 Å². The number of alkyl halides is 3. The highest BCUT2D eigenvalue weighted by molar-refractivity contribution is 7.10. The molecule has 4 amide bonds. The molecule has 650 valence electrons. The quantitative estimate of drug-likeness (QED) is 0.0259. The highest BCUT2D eigenvalue weighted by atomic mass is 32.1. The zero-order valence-electron chi connectivity index (χ0n) is 71.9. The minimum Gasteiger partial charge on any atom is -0.481 e. The van der Waals surface area contributed by atoms with E-state index < -0.39 is 107 Å². The molecule has 0 unspecified atom stereocenters. The SMILES string of the molecule is CC[C@H](C)[C@H](CC(=O)[C@H]1CCCCN1C)C(=O)N(Cc1ccccc1)[C@H](C[C@@H](OC(C)=O)c1nc(C(=O)N[C@@H](Cc2ccc(C(F)(F)F)cc2)C[C@H](C)C(=O)O)cs1)C(C)C.CC[C@H](C)[C@H](CC(=O)[C@H]1CCCCN1C)C(=O)N(Cc1ccccc1)[C@H](C[C@@H](OC(C)=O)c1nc(C(=O)N[C@@H](Cc2ccc(C)cc2)C[C@H](C)C(=O)O)cs1)C(C)C. The number of hydrogen-bond acceptors (Lipinski definition) is 18. The van der Waals surface area contributed by atoms with Gasteiger partial charge in [0, 0.05) is 99.4 Å². The van der Waals surface area contributed by atoms with Gasteiger partial charge in [-0.3, -0.25) is 57.7 Å². The summed E-state index contributed by atoms with van der Waals surface area (Å²) in [6.45, 7) is 26.1. The number of piperidine rings is 2. The van der Waals surface area contributed by atoms with Crippen molar-refractivity contribution in [1.29, 1.82) is 0 Å². The lowest BCUT2D eigenvalue weighted by Gasteiger charge is -2.40. The van der Waals surface area contributed by atoms with Crippen LogP contribution in [0.3, 0.4) is 0 Å². The Kier molecular flexibility index (Phi) is 38.1. The number of carboxylic acid groups (broad SMARTS) is 2. The monoisotopic (exact) mass is 1690 g/mol. The second-order valence-electron chi connectivity index (χ2n) is 33.5. The van der Waals surface area contributed by atoms with E-state index in [2.05, 4.69) is 30.4 Å². The van der Waals surface area contributed by atoms with Crippen molar-refractivity contribution in [2.45, 2.75) is 260 Å². The molecule has 22 nitrogen and oxygen atoms in total. The van der Waals surface area contributed by atoms with Gasteiger partial charge in [0.1, 0.15) is 21.4 Å². The molecule has 2 aromatic heterocycles. The number of carbonyl (C=O) groups is 10. The van der Waals surface area contributed by atoms with Gasteiger partial charge in [0.05, 0.1) is 29.5 Å². The third-order valence-corrected chi connectivity index (χ3v) is 25.3. The molecule has 0 bridgehead atoms. The van der Waals surface area contributed by atoms with E-state index in [1.807, 2.05) is 171 Å². The van der Waals surface area contributed by atoms with Crippen LogP contribution >= 0.6 is 22.7 Å². The number of likely N-dealkylation sites (tertiary alicyclic amines) is 2. The number of esters is 2. The Labute approximate surface area is 708 Å². The molecule has 119 heavy (non-hydrogen) atoms. The number of aliphatic carboxylic acids is 2. The Morgan fingerprint density at radius 1 is 0.521 bits per heavy atom. The van der Waals surface area contributed by atoms with Crippen molar-refractivity contribution < 1.29 is 80.8 Å². The minimum absolute atomic E-state index is 0.00287. The van der Waals surface area contributed by atoms with Crippen LogP contribution in [0, 0.1) is 54.3 Å². The van der Waals surface area contributed by atoms with Crippen LogP contribution in [0.25, 0.3) is 0 Å². The van der Waals surface area contributed by atoms with E-state index in [9.17, 15) is 61.7 Å². The number of carbonyl (C=O) groups excluding carboxylic acids is 8. The molecule has 4 heterocycles. The van der Waals surface area contributed by atoms with Crippen LogP contribution in [0.1, 0.15) is 250 Å². The van der Waals surface area contributed by atoms with Gasteiger partial charge in [-0.1, -0.05) is 198 Å². The number of carboxylic acids is 2. The molecule has 8 rings (SSSR count). The van der Waals surface area contributed by atoms with Gasteiger partial charge in [-0.25, -0.2) is 9.97 Å². The van der Waals surface area contributed by atoms with Crippen molar-refractivity contribution >= 4 is 81.7 Å². The maximum Gasteiger partial charge on any atom is 0.416 e. The number of likely N-dealkylation sites (N-methyl/N-ethyl adjacent to an activating group) is 2. The minimum atomic E-state index is -4.52. The van der Waals surface area contributed by atoms with Gasteiger partial charge in [0.25, 0.3) is 11.8 Å². The molecule has 4 N–H and O–H groups in total. The third-order valence-electron chi connectivity index (χ3n) is 23.5. The van der Waals surface area contributed by atoms with Crippen molar-refractivity contribution in [3.8, 4) is 0 Å². The molecule has 0 radical (unpaired) electrons. The Bertz CT molecular complexity index is 4280. The summed E-state index contributed by atoms with van der Waals surface area (Å²) < 4.78 is 51.4. The van der Waals surface area contributed by atoms with Gasteiger partial charge in [-0.2, -0.15) is 13.2 Å². The number of halogens is 3. The van der Waals surface area contributed by atoms with Crippen LogP contribution in [0.4, 0.5) is 13.2 Å². The molecule has 2 fully saturated rings. The maximum atomic E-state index is 15.0. The van der Waals surface area contributed by atoms with Crippen LogP contribution in [0.5, 0.6) is 0 Å². The molecule has 2 aliphatic heterocycles. The number of amides is 4. The number of thiazole rings is 2. The third kappa shape index (κ3) is 29.7. The fraction of sp³-hybridized carbons (Fsp3) is 0.565. The lowest BCUT2D eigenvalue weighted by molar-refractivity contribution is -0.152. The topological polar surface area (TPSA) is 292 Å². The van der Waals surface area contributed by atoms with Crippen LogP contribution in [-0.4, -0.2) is 162 Å². The van der Waals surface area contributed by atoms with Gasteiger partial charge < -0.3 is 40.1 Å². The highest BCUT2D eigenvalue weighted by Crippen LogP contribution is 2.38. The summed E-state index contributed by atoms with van der Waals surface area (Å²) in [6, 6.07) is 29.2. The predicted molar refractivity (Wildman–Crippen MR) is 455 cm³/mol. The summed E-state index contributed by atoms with van der Waals surface area (Å²) in [6.07, 6.45) is 2.05. The molecule has 27 heteroatoms. The summed E-state index contributed by atoms with van der Waals surface area (Å²) in [5.41, 5.74) is 3.67. The van der Waals surface area contributed by atoms with Gasteiger partial charge in [-0.05, 0) is 144 Å². The summed E-state index contributed by atoms with van der Waals surface area (Å²) in [5.74, 6) is -7.36. The predicted octanol–water partition coefficient (Wildman–Crippen LogP) is 16.8. The zero-order chi connectivity index (χ0) is 87.5. The van der Waals surface area contributed by atoms with Crippen molar-refractivity contribution in [3.63, 3.8) is 0 Å². The number of aryl methyl sites for hydroxylation is 1. The zero-order valence-corrected chi connectivity index (χ0v) is 73.5. The van der Waals surface area contributed by atoms with Crippen LogP contribution in [-0.2, 0) is 79.9 Å². The van der Waals surface area contributed by atoms with Crippen molar-refractivity contribution in [3.05, 3.63) is 175 Å². The first kappa shape index (κ1) is 97.1. The second-order valence-corrected chi connectivity index (χ2v) is 35.3. The summed E-state index contributed by atoms with van der Waals surface area (Å²) in [5, 5.41) is 29.0. The lowest BCUT2D eigenvalue weighted by Crippen LogP contribution is -2.49. The summed E-state index contributed by atoms with van der Waals surface area (Å²) in [4.78, 5) is 151. The number of nitrogens with zero attached hydrogens (tertiary/aromatic N) is 6. The number of nitrogens with one attached hydrogen (secondary N) is 2. The largest absolute Gasteiger partial charge is 0.481 e. The number of ether oxygens (including phenoxy) is 2. The normalized spacial score (nSPS) is 17.7. The number of benzene rings is 4. The maximum absolute atomic E-state index is 15.0. The molecular weight excluding hydrogens is 1560 g/mol. The van der Waals surface area contributed by atoms with Gasteiger partial charge >= 0.3 is 30.1 Å². The molecule has 14 atom stereocenters. The first-order valence-corrected chi connectivity index (χ1v) is 43.8. The highest BCUT2D eigenvalue weighted by Gasteiger charge is 2.43. The van der Waals surface area contributed by atoms with Crippen molar-refractivity contribution in [1.82, 2.24) is 40.2 Å². The first-order chi connectivity index (χ1) is 56.3. The molecule has 2 saturated heterocycles. The molecule has 6 aromatic rings. The fourth-order valence-corrected chi connectivity index (χ4v) is 17.6. The van der Waals surface area contributed by atoms with E-state index in [0.29, 0.717) is 35.0 Å². The van der Waals surface area contributed by atoms with E-state index in [0.717, 1.165) is 104 Å². The van der Waals surface area contributed by atoms with Crippen LogP contribution < -0.4 is 10.6 Å². The molecule has 4 aromatic carbocycles. The Hall–Kier alpha value is -9.05. The molecule has 0 saturated carbocycles. The fourth-order valence-electron chi connectivity index (χ4n) is 15.9. The van der Waals surface area contributed by atoms with E-state index in [1.54, 1.807) is 12.3 Å². The van der Waals surface area contributed by atoms with E-state index in [4.69, 9.17) is 9.47 Å². The Morgan fingerprint density at radius 2 is 0.882 bits per heavy atom. The number of ketones is 2. The smallest absolute Gasteiger partial charge is 0.416 e. The molecule has 0 spiro atoms. The van der Waals surface area contributed by atoms with E-state index in [-0.39, 0.29) is 122 Å². The van der Waals surface area contributed by atoms with Gasteiger partial charge in [0.15, 0.2) is 23.8 Å². The average molecular weight is 1690 g/mol. The molecular formula is C92H125F3N8O14S2. The molecule has 2 aliphatic rings. The number of rotatable bonds is 42. The summed E-state index contributed by atoms with van der Waals surface area (Å²) in [7, 11) is 3.95. The van der Waals surface area contributed by atoms with E-state index >= 15 is 9.59 Å². The van der Waals surface area contributed by atoms with E-state index in [1.165, 1.54) is 49.6 Å². The Balaban J connectivity index is 0.000000329. The number of Topliss-reactive ketones (excluding diaryl/α,β-unsaturated/α-hetero) is 2. The van der Waals surface area contributed by atoms with Gasteiger partial charge in [-0.15, -0.1) is 22.7 Å². The second kappa shape index (κ2) is 46.7. The molecule has 0 aliphatic carbocycles. The summed E-state index contributed by atoms with van der Waals surface area (Å²) >= 11 is 2.30.